The summed E-state index contributed by atoms with van der Waals surface area (Å²) in [5.41, 5.74) is 0.508. The van der Waals surface area contributed by atoms with Gasteiger partial charge in [-0.1, -0.05) is 5.16 Å². The minimum atomic E-state index is -0.679. The van der Waals surface area contributed by atoms with Crippen LogP contribution in [0.2, 0.25) is 0 Å². The minimum absolute atomic E-state index is 0.0196. The van der Waals surface area contributed by atoms with Gasteiger partial charge >= 0.3 is 0 Å². The zero-order valence-electron chi connectivity index (χ0n) is 10.2. The van der Waals surface area contributed by atoms with Crippen LogP contribution in [0.3, 0.4) is 0 Å². The fraction of sp³-hybridized carbons (Fsp3) is 0.462. The van der Waals surface area contributed by atoms with Gasteiger partial charge in [-0.05, 0) is 45.1 Å². The standard InChI is InChI=1S/C13H16F2N2O/c1-17-6-4-9(5-7-17)13(16-18)11-3-2-10(14)8-12(11)15/h2-3,8-9,18H,4-7H2,1H3/b16-13+. The van der Waals surface area contributed by atoms with Crippen LogP contribution in [0.4, 0.5) is 8.78 Å². The van der Waals surface area contributed by atoms with E-state index in [0.29, 0.717) is 5.71 Å². The monoisotopic (exact) mass is 254 g/mol. The van der Waals surface area contributed by atoms with Gasteiger partial charge in [0, 0.05) is 17.5 Å². The molecule has 3 nitrogen and oxygen atoms in total. The minimum Gasteiger partial charge on any atom is -0.411 e. The van der Waals surface area contributed by atoms with E-state index in [9.17, 15) is 8.78 Å². The molecule has 1 fully saturated rings. The lowest BCUT2D eigenvalue weighted by Gasteiger charge is -2.29. The lowest BCUT2D eigenvalue weighted by molar-refractivity contribution is 0.246. The Bertz CT molecular complexity index is 454. The van der Waals surface area contributed by atoms with Gasteiger partial charge in [0.15, 0.2) is 0 Å². The third kappa shape index (κ3) is 2.67. The summed E-state index contributed by atoms with van der Waals surface area (Å²) in [5.74, 6) is -1.29. The Morgan fingerprint density at radius 1 is 1.33 bits per heavy atom. The predicted molar refractivity (Wildman–Crippen MR) is 64.9 cm³/mol. The highest BCUT2D eigenvalue weighted by Gasteiger charge is 2.25. The van der Waals surface area contributed by atoms with Crippen LogP contribution >= 0.6 is 0 Å². The molecule has 98 valence electrons. The maximum absolute atomic E-state index is 13.7. The van der Waals surface area contributed by atoms with Crippen molar-refractivity contribution in [3.05, 3.63) is 35.4 Å². The first-order valence-corrected chi connectivity index (χ1v) is 5.97. The topological polar surface area (TPSA) is 35.8 Å². The Hall–Kier alpha value is -1.49. The molecule has 0 aliphatic carbocycles. The number of nitrogens with zero attached hydrogens (tertiary/aromatic N) is 2. The number of rotatable bonds is 2. The smallest absolute Gasteiger partial charge is 0.135 e. The summed E-state index contributed by atoms with van der Waals surface area (Å²) in [6.45, 7) is 1.76. The molecule has 0 aromatic heterocycles. The summed E-state index contributed by atoms with van der Waals surface area (Å²) in [5, 5.41) is 12.3. The van der Waals surface area contributed by atoms with E-state index in [0.717, 1.165) is 32.0 Å². The van der Waals surface area contributed by atoms with E-state index < -0.39 is 11.6 Å². The molecule has 2 rings (SSSR count). The van der Waals surface area contributed by atoms with Crippen LogP contribution in [0.5, 0.6) is 0 Å². The summed E-state index contributed by atoms with van der Waals surface area (Å²) in [7, 11) is 2.02. The molecule has 0 amide bonds. The van der Waals surface area contributed by atoms with Gasteiger partial charge < -0.3 is 10.1 Å². The molecule has 0 radical (unpaired) electrons. The maximum atomic E-state index is 13.7. The molecule has 1 N–H and O–H groups in total. The van der Waals surface area contributed by atoms with Crippen molar-refractivity contribution in [3.63, 3.8) is 0 Å². The van der Waals surface area contributed by atoms with Crippen LogP contribution in [0.1, 0.15) is 18.4 Å². The van der Waals surface area contributed by atoms with Gasteiger partial charge in [-0.2, -0.15) is 0 Å². The van der Waals surface area contributed by atoms with Gasteiger partial charge in [0.25, 0.3) is 0 Å². The third-order valence-corrected chi connectivity index (χ3v) is 3.42. The first-order chi connectivity index (χ1) is 8.61. The zero-order chi connectivity index (χ0) is 13.1. The van der Waals surface area contributed by atoms with Gasteiger partial charge in [0.05, 0.1) is 5.71 Å². The van der Waals surface area contributed by atoms with Crippen molar-refractivity contribution in [3.8, 4) is 0 Å². The molecule has 1 aromatic rings. The Balaban J connectivity index is 2.23. The highest BCUT2D eigenvalue weighted by Crippen LogP contribution is 2.23. The zero-order valence-corrected chi connectivity index (χ0v) is 10.2. The molecule has 1 heterocycles. The molecule has 0 bridgehead atoms. The van der Waals surface area contributed by atoms with Gasteiger partial charge in [0.2, 0.25) is 0 Å². The number of halogens is 2. The van der Waals surface area contributed by atoms with Crippen LogP contribution in [-0.2, 0) is 0 Å². The number of piperidine rings is 1. The number of oxime groups is 1. The SMILES string of the molecule is CN1CCC(/C(=N\O)c2ccc(F)cc2F)CC1. The molecule has 1 saturated heterocycles. The lowest BCUT2D eigenvalue weighted by atomic mass is 9.88. The third-order valence-electron chi connectivity index (χ3n) is 3.42. The molecule has 5 heteroatoms. The number of hydrogen-bond acceptors (Lipinski definition) is 3. The van der Waals surface area contributed by atoms with Crippen molar-refractivity contribution in [2.45, 2.75) is 12.8 Å². The first-order valence-electron chi connectivity index (χ1n) is 5.97. The van der Waals surface area contributed by atoms with Crippen molar-refractivity contribution in [1.82, 2.24) is 4.90 Å². The molecule has 0 atom stereocenters. The fourth-order valence-corrected chi connectivity index (χ4v) is 2.33. The normalized spacial score (nSPS) is 19.2. The van der Waals surface area contributed by atoms with Gasteiger partial charge in [0.1, 0.15) is 11.6 Å². The second kappa shape index (κ2) is 5.44. The highest BCUT2D eigenvalue weighted by atomic mass is 19.1. The molecule has 18 heavy (non-hydrogen) atoms. The van der Waals surface area contributed by atoms with Crippen molar-refractivity contribution in [2.75, 3.05) is 20.1 Å². The summed E-state index contributed by atoms with van der Waals surface area (Å²) in [4.78, 5) is 2.17. The summed E-state index contributed by atoms with van der Waals surface area (Å²) >= 11 is 0. The van der Waals surface area contributed by atoms with Gasteiger partial charge in [-0.25, -0.2) is 8.78 Å². The van der Waals surface area contributed by atoms with E-state index in [1.807, 2.05) is 7.05 Å². The largest absolute Gasteiger partial charge is 0.411 e. The molecule has 1 aliphatic heterocycles. The Morgan fingerprint density at radius 2 is 2.00 bits per heavy atom. The Kier molecular flexibility index (Phi) is 3.91. The van der Waals surface area contributed by atoms with E-state index in [1.165, 1.54) is 12.1 Å². The Labute approximate surface area is 105 Å². The summed E-state index contributed by atoms with van der Waals surface area (Å²) in [6, 6.07) is 3.33. The van der Waals surface area contributed by atoms with E-state index in [2.05, 4.69) is 10.1 Å². The maximum Gasteiger partial charge on any atom is 0.135 e. The quantitative estimate of drug-likeness (QED) is 0.500. The molecular weight excluding hydrogens is 238 g/mol. The average molecular weight is 254 g/mol. The second-order valence-electron chi connectivity index (χ2n) is 4.69. The summed E-state index contributed by atoms with van der Waals surface area (Å²) in [6.07, 6.45) is 1.62. The number of likely N-dealkylation sites (tertiary alicyclic amines) is 1. The molecule has 0 saturated carbocycles. The first kappa shape index (κ1) is 13.0. The van der Waals surface area contributed by atoms with Crippen LogP contribution in [-0.4, -0.2) is 36.0 Å². The number of hydrogen-bond donors (Lipinski definition) is 1. The van der Waals surface area contributed by atoms with Gasteiger partial charge in [-0.3, -0.25) is 0 Å². The molecule has 0 spiro atoms. The van der Waals surface area contributed by atoms with Crippen LogP contribution in [0.25, 0.3) is 0 Å². The molecule has 0 unspecified atom stereocenters. The highest BCUT2D eigenvalue weighted by molar-refractivity contribution is 6.02. The van der Waals surface area contributed by atoms with E-state index in [-0.39, 0.29) is 11.5 Å². The van der Waals surface area contributed by atoms with Crippen molar-refractivity contribution in [1.29, 1.82) is 0 Å². The second-order valence-corrected chi connectivity index (χ2v) is 4.69. The molecule has 1 aromatic carbocycles. The average Bonchev–Trinajstić information content (AvgIpc) is 2.35. The molecule has 1 aliphatic rings. The Morgan fingerprint density at radius 3 is 2.56 bits per heavy atom. The van der Waals surface area contributed by atoms with E-state index in [1.54, 1.807) is 0 Å². The lowest BCUT2D eigenvalue weighted by Crippen LogP contribution is -2.34. The predicted octanol–water partition coefficient (Wildman–Crippen LogP) is 2.48. The van der Waals surface area contributed by atoms with E-state index >= 15 is 0 Å². The number of benzene rings is 1. The van der Waals surface area contributed by atoms with Crippen molar-refractivity contribution >= 4 is 5.71 Å². The van der Waals surface area contributed by atoms with Gasteiger partial charge in [-0.15, -0.1) is 0 Å². The van der Waals surface area contributed by atoms with Crippen LogP contribution in [0.15, 0.2) is 23.4 Å². The summed E-state index contributed by atoms with van der Waals surface area (Å²) < 4.78 is 26.5. The van der Waals surface area contributed by atoms with Crippen LogP contribution < -0.4 is 0 Å². The van der Waals surface area contributed by atoms with Crippen LogP contribution in [0, 0.1) is 17.6 Å². The fourth-order valence-electron chi connectivity index (χ4n) is 2.33. The van der Waals surface area contributed by atoms with Crippen molar-refractivity contribution in [2.24, 2.45) is 11.1 Å². The molecular formula is C13H16F2N2O. The van der Waals surface area contributed by atoms with Crippen molar-refractivity contribution < 1.29 is 14.0 Å². The van der Waals surface area contributed by atoms with E-state index in [4.69, 9.17) is 5.21 Å².